The second-order valence-electron chi connectivity index (χ2n) is 5.91. The number of carbonyl (C=O) groups is 2. The maximum Gasteiger partial charge on any atom is 0.283 e. The van der Waals surface area contributed by atoms with Gasteiger partial charge in [-0.25, -0.2) is 0 Å². The molecule has 0 bridgehead atoms. The molecule has 0 fully saturated rings. The SMILES string of the molecule is O=C(Cn1nnc(-c2ccccc2)n1)NNC(=O)C1COc2ccccc2O1. The Morgan fingerprint density at radius 1 is 1.04 bits per heavy atom. The highest BCUT2D eigenvalue weighted by molar-refractivity contribution is 5.85. The summed E-state index contributed by atoms with van der Waals surface area (Å²) in [6, 6.07) is 16.3. The van der Waals surface area contributed by atoms with E-state index in [0.29, 0.717) is 17.3 Å². The molecule has 1 aliphatic heterocycles. The summed E-state index contributed by atoms with van der Waals surface area (Å²) in [5.41, 5.74) is 5.40. The maximum absolute atomic E-state index is 12.2. The summed E-state index contributed by atoms with van der Waals surface area (Å²) >= 11 is 0. The number of rotatable bonds is 4. The second-order valence-corrected chi connectivity index (χ2v) is 5.91. The summed E-state index contributed by atoms with van der Waals surface area (Å²) in [4.78, 5) is 25.3. The Kier molecular flexibility index (Phi) is 4.83. The summed E-state index contributed by atoms with van der Waals surface area (Å²) in [6.45, 7) is -0.158. The van der Waals surface area contributed by atoms with Gasteiger partial charge in [0.2, 0.25) is 11.9 Å². The molecule has 2 heterocycles. The largest absolute Gasteiger partial charge is 0.485 e. The van der Waals surface area contributed by atoms with E-state index < -0.39 is 17.9 Å². The number of para-hydroxylation sites is 2. The standard InChI is InChI=1S/C18H16N6O4/c25-16(10-24-22-17(20-23-24)12-6-2-1-3-7-12)19-21-18(26)15-11-27-13-8-4-5-9-14(13)28-15/h1-9,15H,10-11H2,(H,19,25)(H,21,26). The quantitative estimate of drug-likeness (QED) is 0.626. The number of benzene rings is 2. The van der Waals surface area contributed by atoms with Crippen molar-refractivity contribution >= 4 is 11.8 Å². The van der Waals surface area contributed by atoms with Crippen LogP contribution in [0.2, 0.25) is 0 Å². The third-order valence-corrected chi connectivity index (χ3v) is 3.90. The summed E-state index contributed by atoms with van der Waals surface area (Å²) in [5.74, 6) is 0.410. The second kappa shape index (κ2) is 7.74. The molecule has 3 aromatic rings. The number of ether oxygens (including phenoxy) is 2. The highest BCUT2D eigenvalue weighted by Gasteiger charge is 2.27. The summed E-state index contributed by atoms with van der Waals surface area (Å²) in [7, 11) is 0. The van der Waals surface area contributed by atoms with Gasteiger partial charge in [0.25, 0.3) is 11.8 Å². The fourth-order valence-corrected chi connectivity index (χ4v) is 2.54. The number of nitrogens with one attached hydrogen (secondary N) is 2. The number of fused-ring (bicyclic) bond motifs is 1. The van der Waals surface area contributed by atoms with E-state index in [-0.39, 0.29) is 13.2 Å². The molecule has 0 radical (unpaired) electrons. The molecule has 0 spiro atoms. The van der Waals surface area contributed by atoms with E-state index in [9.17, 15) is 9.59 Å². The minimum atomic E-state index is -0.871. The first-order chi connectivity index (χ1) is 13.7. The van der Waals surface area contributed by atoms with Gasteiger partial charge in [0.05, 0.1) is 0 Å². The van der Waals surface area contributed by atoms with E-state index in [1.165, 1.54) is 0 Å². The molecule has 0 saturated heterocycles. The molecule has 28 heavy (non-hydrogen) atoms. The summed E-state index contributed by atoms with van der Waals surface area (Å²) in [6.07, 6.45) is -0.871. The van der Waals surface area contributed by atoms with Crippen LogP contribution in [0.1, 0.15) is 0 Å². The fraction of sp³-hybridized carbons (Fsp3) is 0.167. The number of hydrogen-bond donors (Lipinski definition) is 2. The zero-order chi connectivity index (χ0) is 19.3. The predicted molar refractivity (Wildman–Crippen MR) is 95.9 cm³/mol. The lowest BCUT2D eigenvalue weighted by molar-refractivity contribution is -0.135. The van der Waals surface area contributed by atoms with E-state index in [4.69, 9.17) is 9.47 Å². The molecule has 10 heteroatoms. The minimum absolute atomic E-state index is 0.0454. The van der Waals surface area contributed by atoms with Crippen molar-refractivity contribution in [1.29, 1.82) is 0 Å². The Bertz CT molecular complexity index is 991. The number of hydrogen-bond acceptors (Lipinski definition) is 7. The summed E-state index contributed by atoms with van der Waals surface area (Å²) in [5, 5.41) is 11.9. The molecular weight excluding hydrogens is 364 g/mol. The normalized spacial score (nSPS) is 14.9. The third kappa shape index (κ3) is 3.90. The van der Waals surface area contributed by atoms with Crippen LogP contribution in [-0.2, 0) is 16.1 Å². The molecule has 2 amide bonds. The van der Waals surface area contributed by atoms with Gasteiger partial charge in [-0.1, -0.05) is 42.5 Å². The number of carbonyl (C=O) groups excluding carboxylic acids is 2. The van der Waals surface area contributed by atoms with Crippen LogP contribution < -0.4 is 20.3 Å². The molecule has 1 aliphatic rings. The Balaban J connectivity index is 1.28. The molecule has 142 valence electrons. The van der Waals surface area contributed by atoms with Gasteiger partial charge >= 0.3 is 0 Å². The molecule has 2 aromatic carbocycles. The lowest BCUT2D eigenvalue weighted by Crippen LogP contribution is -2.51. The Labute approximate surface area is 159 Å². The van der Waals surface area contributed by atoms with E-state index in [0.717, 1.165) is 10.4 Å². The molecule has 0 aliphatic carbocycles. The maximum atomic E-state index is 12.2. The van der Waals surface area contributed by atoms with E-state index in [1.54, 1.807) is 18.2 Å². The van der Waals surface area contributed by atoms with Crippen molar-refractivity contribution in [3.05, 3.63) is 54.6 Å². The van der Waals surface area contributed by atoms with Crippen molar-refractivity contribution < 1.29 is 19.1 Å². The van der Waals surface area contributed by atoms with Crippen molar-refractivity contribution in [2.75, 3.05) is 6.61 Å². The first-order valence-electron chi connectivity index (χ1n) is 8.49. The summed E-state index contributed by atoms with van der Waals surface area (Å²) < 4.78 is 11.0. The van der Waals surface area contributed by atoms with Crippen LogP contribution in [0.5, 0.6) is 11.5 Å². The minimum Gasteiger partial charge on any atom is -0.485 e. The Morgan fingerprint density at radius 3 is 2.61 bits per heavy atom. The first kappa shape index (κ1) is 17.5. The lowest BCUT2D eigenvalue weighted by Gasteiger charge is -2.25. The number of hydrazine groups is 1. The van der Waals surface area contributed by atoms with Crippen molar-refractivity contribution in [2.45, 2.75) is 12.6 Å². The van der Waals surface area contributed by atoms with Crippen LogP contribution in [-0.4, -0.2) is 44.7 Å². The zero-order valence-corrected chi connectivity index (χ0v) is 14.6. The van der Waals surface area contributed by atoms with Crippen molar-refractivity contribution in [1.82, 2.24) is 31.1 Å². The van der Waals surface area contributed by atoms with Crippen molar-refractivity contribution in [2.24, 2.45) is 0 Å². The van der Waals surface area contributed by atoms with Gasteiger partial charge in [-0.2, -0.15) is 4.80 Å². The third-order valence-electron chi connectivity index (χ3n) is 3.90. The molecular formula is C18H16N6O4. The Hall–Kier alpha value is -3.95. The molecule has 4 rings (SSSR count). The van der Waals surface area contributed by atoms with Gasteiger partial charge in [0.1, 0.15) is 13.2 Å². The van der Waals surface area contributed by atoms with Crippen LogP contribution in [0.25, 0.3) is 11.4 Å². The van der Waals surface area contributed by atoms with Crippen LogP contribution in [0.15, 0.2) is 54.6 Å². The zero-order valence-electron chi connectivity index (χ0n) is 14.6. The average molecular weight is 380 g/mol. The lowest BCUT2D eigenvalue weighted by atomic mass is 10.2. The molecule has 10 nitrogen and oxygen atoms in total. The molecule has 0 saturated carbocycles. The van der Waals surface area contributed by atoms with Gasteiger partial charge in [-0.05, 0) is 17.3 Å². The fourth-order valence-electron chi connectivity index (χ4n) is 2.54. The number of nitrogens with zero attached hydrogens (tertiary/aromatic N) is 4. The van der Waals surface area contributed by atoms with E-state index in [2.05, 4.69) is 26.3 Å². The number of aromatic nitrogens is 4. The van der Waals surface area contributed by atoms with Gasteiger partial charge in [0, 0.05) is 5.56 Å². The van der Waals surface area contributed by atoms with Gasteiger partial charge in [-0.15, -0.1) is 10.2 Å². The first-order valence-corrected chi connectivity index (χ1v) is 8.49. The van der Waals surface area contributed by atoms with E-state index >= 15 is 0 Å². The molecule has 2 N–H and O–H groups in total. The van der Waals surface area contributed by atoms with Crippen LogP contribution in [0.4, 0.5) is 0 Å². The van der Waals surface area contributed by atoms with Gasteiger partial charge < -0.3 is 9.47 Å². The molecule has 1 aromatic heterocycles. The number of amides is 2. The molecule has 1 unspecified atom stereocenters. The molecule has 1 atom stereocenters. The van der Waals surface area contributed by atoms with Gasteiger partial charge in [-0.3, -0.25) is 20.4 Å². The highest BCUT2D eigenvalue weighted by Crippen LogP contribution is 2.30. The van der Waals surface area contributed by atoms with Gasteiger partial charge in [0.15, 0.2) is 11.5 Å². The predicted octanol–water partition coefficient (Wildman–Crippen LogP) is 0.328. The smallest absolute Gasteiger partial charge is 0.283 e. The van der Waals surface area contributed by atoms with Crippen LogP contribution in [0.3, 0.4) is 0 Å². The monoisotopic (exact) mass is 380 g/mol. The van der Waals surface area contributed by atoms with E-state index in [1.807, 2.05) is 36.4 Å². The number of tetrazole rings is 1. The Morgan fingerprint density at radius 2 is 1.79 bits per heavy atom. The highest BCUT2D eigenvalue weighted by atomic mass is 16.6. The van der Waals surface area contributed by atoms with Crippen LogP contribution >= 0.6 is 0 Å². The van der Waals surface area contributed by atoms with Crippen molar-refractivity contribution in [3.63, 3.8) is 0 Å². The average Bonchev–Trinajstić information content (AvgIpc) is 3.20. The topological polar surface area (TPSA) is 120 Å². The van der Waals surface area contributed by atoms with Crippen LogP contribution in [0, 0.1) is 0 Å². The van der Waals surface area contributed by atoms with Crippen molar-refractivity contribution in [3.8, 4) is 22.9 Å².